The quantitative estimate of drug-likeness (QED) is 0.339. The van der Waals surface area contributed by atoms with Gasteiger partial charge in [-0.2, -0.15) is 0 Å². The Hall–Kier alpha value is -4.00. The van der Waals surface area contributed by atoms with Crippen molar-refractivity contribution in [2.75, 3.05) is 13.7 Å². The Labute approximate surface area is 185 Å². The topological polar surface area (TPSA) is 89.2 Å². The van der Waals surface area contributed by atoms with Crippen molar-refractivity contribution in [2.45, 2.75) is 19.5 Å². The van der Waals surface area contributed by atoms with Crippen LogP contribution in [0.4, 0.5) is 0 Å². The lowest BCUT2D eigenvalue weighted by atomic mass is 9.98. The molecule has 0 bridgehead atoms. The van der Waals surface area contributed by atoms with E-state index in [1.807, 2.05) is 31.2 Å². The van der Waals surface area contributed by atoms with Crippen LogP contribution < -0.4 is 9.47 Å². The van der Waals surface area contributed by atoms with Crippen molar-refractivity contribution in [3.63, 3.8) is 0 Å². The minimum Gasteiger partial charge on any atom is -0.507 e. The molecule has 1 aliphatic heterocycles. The van der Waals surface area contributed by atoms with E-state index in [2.05, 4.69) is 0 Å². The largest absolute Gasteiger partial charge is 0.507 e. The molecule has 1 N–H and O–H groups in total. The summed E-state index contributed by atoms with van der Waals surface area (Å²) in [5.41, 5.74) is 1.06. The minimum absolute atomic E-state index is 0.0459. The number of amides is 1. The van der Waals surface area contributed by atoms with E-state index >= 15 is 0 Å². The second-order valence-corrected chi connectivity index (χ2v) is 7.22. The first-order valence-corrected chi connectivity index (χ1v) is 10.2. The molecule has 3 aromatic rings. The molecule has 0 spiro atoms. The number of Topliss-reactive ketones (excluding diaryl/α,β-unsaturated/α-hetero) is 1. The third-order valence-electron chi connectivity index (χ3n) is 5.28. The fraction of sp³-hybridized carbons (Fsp3) is 0.200. The molecule has 0 aliphatic carbocycles. The summed E-state index contributed by atoms with van der Waals surface area (Å²) in [4.78, 5) is 27.5. The van der Waals surface area contributed by atoms with Crippen LogP contribution in [0, 0.1) is 0 Å². The van der Waals surface area contributed by atoms with E-state index in [1.165, 1.54) is 18.3 Å². The van der Waals surface area contributed by atoms with Gasteiger partial charge in [-0.3, -0.25) is 9.59 Å². The fourth-order valence-electron chi connectivity index (χ4n) is 3.87. The summed E-state index contributed by atoms with van der Waals surface area (Å²) in [6.07, 6.45) is 1.47. The number of hydrogen-bond acceptors (Lipinski definition) is 6. The van der Waals surface area contributed by atoms with Crippen LogP contribution in [0.2, 0.25) is 0 Å². The Kier molecular flexibility index (Phi) is 5.98. The number of hydrogen-bond donors (Lipinski definition) is 1. The summed E-state index contributed by atoms with van der Waals surface area (Å²) in [6, 6.07) is 16.6. The molecular weight excluding hydrogens is 410 g/mol. The zero-order valence-electron chi connectivity index (χ0n) is 17.8. The first-order chi connectivity index (χ1) is 15.5. The Morgan fingerprint density at radius 3 is 2.62 bits per heavy atom. The molecule has 1 saturated heterocycles. The van der Waals surface area contributed by atoms with E-state index in [0.717, 1.165) is 5.56 Å². The average Bonchev–Trinajstić information content (AvgIpc) is 3.42. The van der Waals surface area contributed by atoms with Crippen molar-refractivity contribution in [2.24, 2.45) is 0 Å². The van der Waals surface area contributed by atoms with Gasteiger partial charge in [0.2, 0.25) is 0 Å². The molecule has 1 aliphatic rings. The van der Waals surface area contributed by atoms with E-state index in [9.17, 15) is 14.7 Å². The van der Waals surface area contributed by atoms with Gasteiger partial charge >= 0.3 is 0 Å². The number of furan rings is 1. The number of likely N-dealkylation sites (tertiary alicyclic amines) is 1. The average molecular weight is 433 g/mol. The highest BCUT2D eigenvalue weighted by atomic mass is 16.5. The van der Waals surface area contributed by atoms with Crippen LogP contribution in [-0.4, -0.2) is 35.4 Å². The molecule has 1 amide bonds. The fourth-order valence-corrected chi connectivity index (χ4v) is 3.87. The Morgan fingerprint density at radius 1 is 1.09 bits per heavy atom. The van der Waals surface area contributed by atoms with Gasteiger partial charge in [-0.05, 0) is 48.9 Å². The third kappa shape index (κ3) is 3.85. The Morgan fingerprint density at radius 2 is 1.91 bits per heavy atom. The highest BCUT2D eigenvalue weighted by Gasteiger charge is 2.47. The zero-order valence-corrected chi connectivity index (χ0v) is 17.8. The van der Waals surface area contributed by atoms with Gasteiger partial charge in [0.1, 0.15) is 29.1 Å². The summed E-state index contributed by atoms with van der Waals surface area (Å²) in [7, 11) is 1.47. The molecule has 2 heterocycles. The molecule has 4 rings (SSSR count). The lowest BCUT2D eigenvalue weighted by Gasteiger charge is -2.23. The predicted molar refractivity (Wildman–Crippen MR) is 117 cm³/mol. The molecule has 2 aromatic carbocycles. The van der Waals surface area contributed by atoms with E-state index in [-0.39, 0.29) is 17.9 Å². The van der Waals surface area contributed by atoms with Crippen molar-refractivity contribution >= 4 is 17.4 Å². The van der Waals surface area contributed by atoms with Gasteiger partial charge in [0.05, 0.1) is 31.1 Å². The van der Waals surface area contributed by atoms with Gasteiger partial charge in [-0.1, -0.05) is 24.3 Å². The minimum atomic E-state index is -0.884. The second kappa shape index (κ2) is 9.01. The first kappa shape index (κ1) is 21.2. The molecule has 1 fully saturated rings. The number of carbonyl (C=O) groups is 2. The van der Waals surface area contributed by atoms with Gasteiger partial charge in [0.15, 0.2) is 0 Å². The number of aliphatic hydroxyl groups excluding tert-OH is 1. The predicted octanol–water partition coefficient (Wildman–Crippen LogP) is 4.31. The number of ketones is 1. The molecule has 1 unspecified atom stereocenters. The number of para-hydroxylation sites is 1. The molecular formula is C25H23NO6. The van der Waals surface area contributed by atoms with Crippen molar-refractivity contribution in [1.29, 1.82) is 0 Å². The van der Waals surface area contributed by atoms with E-state index in [4.69, 9.17) is 13.9 Å². The lowest BCUT2D eigenvalue weighted by Crippen LogP contribution is -2.29. The van der Waals surface area contributed by atoms with E-state index in [0.29, 0.717) is 29.4 Å². The number of aliphatic hydroxyl groups is 1. The molecule has 164 valence electrons. The molecule has 0 saturated carbocycles. The van der Waals surface area contributed by atoms with Crippen LogP contribution in [0.25, 0.3) is 5.76 Å². The van der Waals surface area contributed by atoms with Crippen LogP contribution in [0.15, 0.2) is 76.9 Å². The van der Waals surface area contributed by atoms with Gasteiger partial charge in [-0.25, -0.2) is 0 Å². The number of rotatable bonds is 7. The number of nitrogens with zero attached hydrogens (tertiary/aromatic N) is 1. The maximum Gasteiger partial charge on any atom is 0.296 e. The summed E-state index contributed by atoms with van der Waals surface area (Å²) in [5, 5.41) is 11.1. The summed E-state index contributed by atoms with van der Waals surface area (Å²) < 4.78 is 16.4. The van der Waals surface area contributed by atoms with Crippen LogP contribution in [0.3, 0.4) is 0 Å². The van der Waals surface area contributed by atoms with Gasteiger partial charge in [0, 0.05) is 6.54 Å². The number of carbonyl (C=O) groups excluding carboxylic acids is 2. The van der Waals surface area contributed by atoms with Crippen molar-refractivity contribution in [3.05, 3.63) is 89.4 Å². The van der Waals surface area contributed by atoms with Gasteiger partial charge < -0.3 is 23.9 Å². The number of ether oxygens (including phenoxy) is 2. The van der Waals surface area contributed by atoms with E-state index < -0.39 is 17.7 Å². The number of benzene rings is 2. The maximum atomic E-state index is 13.1. The molecule has 1 atom stereocenters. The highest BCUT2D eigenvalue weighted by Crippen LogP contribution is 2.41. The SMILES string of the molecule is CCOc1cccc(CN2C(=O)C(=O)/C(=C(\O)c3ccccc3OC)C2c2ccco2)c1. The number of methoxy groups -OCH3 is 1. The molecule has 7 heteroatoms. The zero-order chi connectivity index (χ0) is 22.7. The smallest absolute Gasteiger partial charge is 0.296 e. The first-order valence-electron chi connectivity index (χ1n) is 10.2. The van der Waals surface area contributed by atoms with Crippen LogP contribution in [0.1, 0.15) is 29.9 Å². The van der Waals surface area contributed by atoms with Gasteiger partial charge in [0.25, 0.3) is 11.7 Å². The second-order valence-electron chi connectivity index (χ2n) is 7.22. The molecule has 1 aromatic heterocycles. The molecule has 32 heavy (non-hydrogen) atoms. The van der Waals surface area contributed by atoms with Crippen LogP contribution in [-0.2, 0) is 16.1 Å². The summed E-state index contributed by atoms with van der Waals surface area (Å²) in [5.74, 6) is -0.376. The van der Waals surface area contributed by atoms with Crippen LogP contribution in [0.5, 0.6) is 11.5 Å². The summed E-state index contributed by atoms with van der Waals surface area (Å²) in [6.45, 7) is 2.54. The summed E-state index contributed by atoms with van der Waals surface area (Å²) >= 11 is 0. The van der Waals surface area contributed by atoms with Crippen molar-refractivity contribution < 1.29 is 28.6 Å². The van der Waals surface area contributed by atoms with Crippen molar-refractivity contribution in [1.82, 2.24) is 4.90 Å². The van der Waals surface area contributed by atoms with E-state index in [1.54, 1.807) is 36.4 Å². The monoisotopic (exact) mass is 433 g/mol. The Balaban J connectivity index is 1.81. The third-order valence-corrected chi connectivity index (χ3v) is 5.28. The normalized spacial score (nSPS) is 17.6. The van der Waals surface area contributed by atoms with Gasteiger partial charge in [-0.15, -0.1) is 0 Å². The molecule has 0 radical (unpaired) electrons. The highest BCUT2D eigenvalue weighted by molar-refractivity contribution is 6.46. The lowest BCUT2D eigenvalue weighted by molar-refractivity contribution is -0.140. The van der Waals surface area contributed by atoms with Crippen molar-refractivity contribution in [3.8, 4) is 11.5 Å². The van der Waals surface area contributed by atoms with Crippen LogP contribution >= 0.6 is 0 Å². The standard InChI is InChI=1S/C25H23NO6/c1-3-31-17-9-6-8-16(14-17)15-26-22(20-12-7-13-32-20)21(24(28)25(26)29)23(27)18-10-4-5-11-19(18)30-2/h4-14,22,27H,3,15H2,1-2H3/b23-21-. The Bertz CT molecular complexity index is 1160. The molecule has 7 nitrogen and oxygen atoms in total. The maximum absolute atomic E-state index is 13.1.